The number of hydrogen-bond acceptors (Lipinski definition) is 6. The first-order valence-electron chi connectivity index (χ1n) is 4.84. The molecule has 3 heterocycles. The van der Waals surface area contributed by atoms with Crippen molar-refractivity contribution in [3.05, 3.63) is 12.1 Å². The van der Waals surface area contributed by atoms with Gasteiger partial charge in [-0.2, -0.15) is 0 Å². The molecule has 0 spiro atoms. The number of aromatic nitrogens is 5. The SMILES string of the molecule is c1cc2nnnn2nc1OC1CCNC1. The van der Waals surface area contributed by atoms with Crippen LogP contribution in [0.5, 0.6) is 5.88 Å². The van der Waals surface area contributed by atoms with Crippen molar-refractivity contribution in [3.8, 4) is 5.88 Å². The van der Waals surface area contributed by atoms with Crippen LogP contribution in [-0.4, -0.2) is 44.4 Å². The highest BCUT2D eigenvalue weighted by Gasteiger charge is 2.16. The minimum Gasteiger partial charge on any atom is -0.472 e. The average Bonchev–Trinajstić information content (AvgIpc) is 2.87. The summed E-state index contributed by atoms with van der Waals surface area (Å²) in [4.78, 5) is 0. The van der Waals surface area contributed by atoms with Crippen molar-refractivity contribution in [3.63, 3.8) is 0 Å². The minimum atomic E-state index is 0.200. The van der Waals surface area contributed by atoms with Crippen molar-refractivity contribution >= 4 is 5.65 Å². The summed E-state index contributed by atoms with van der Waals surface area (Å²) < 4.78 is 7.02. The molecule has 0 radical (unpaired) electrons. The van der Waals surface area contributed by atoms with Crippen LogP contribution in [0, 0.1) is 0 Å². The van der Waals surface area contributed by atoms with Crippen LogP contribution in [0.4, 0.5) is 0 Å². The molecule has 2 aromatic heterocycles. The number of nitrogens with zero attached hydrogens (tertiary/aromatic N) is 5. The maximum Gasteiger partial charge on any atom is 0.233 e. The van der Waals surface area contributed by atoms with Gasteiger partial charge in [0.15, 0.2) is 5.65 Å². The lowest BCUT2D eigenvalue weighted by molar-refractivity contribution is 0.210. The fraction of sp³-hybridized carbons (Fsp3) is 0.500. The molecule has 1 N–H and O–H groups in total. The highest BCUT2D eigenvalue weighted by atomic mass is 16.5. The van der Waals surface area contributed by atoms with Gasteiger partial charge in [-0.3, -0.25) is 0 Å². The zero-order chi connectivity index (χ0) is 10.1. The lowest BCUT2D eigenvalue weighted by atomic mass is 10.3. The van der Waals surface area contributed by atoms with Gasteiger partial charge in [0.1, 0.15) is 6.10 Å². The van der Waals surface area contributed by atoms with Crippen LogP contribution in [0.2, 0.25) is 0 Å². The molecule has 3 rings (SSSR count). The summed E-state index contributed by atoms with van der Waals surface area (Å²) >= 11 is 0. The number of fused-ring (bicyclic) bond motifs is 1. The molecule has 7 nitrogen and oxygen atoms in total. The Balaban J connectivity index is 1.84. The maximum absolute atomic E-state index is 5.66. The molecule has 0 aliphatic carbocycles. The smallest absolute Gasteiger partial charge is 0.233 e. The van der Waals surface area contributed by atoms with Gasteiger partial charge in [0.2, 0.25) is 5.88 Å². The molecular weight excluding hydrogens is 196 g/mol. The molecule has 7 heteroatoms. The van der Waals surface area contributed by atoms with Gasteiger partial charge in [0, 0.05) is 12.6 Å². The van der Waals surface area contributed by atoms with E-state index in [2.05, 4.69) is 25.9 Å². The van der Waals surface area contributed by atoms with Crippen LogP contribution in [0.25, 0.3) is 5.65 Å². The van der Waals surface area contributed by atoms with Crippen molar-refractivity contribution in [2.24, 2.45) is 0 Å². The predicted molar refractivity (Wildman–Crippen MR) is 50.5 cm³/mol. The van der Waals surface area contributed by atoms with Crippen LogP contribution < -0.4 is 10.1 Å². The van der Waals surface area contributed by atoms with Crippen LogP contribution in [0.15, 0.2) is 12.1 Å². The van der Waals surface area contributed by atoms with Crippen LogP contribution >= 0.6 is 0 Å². The highest BCUT2D eigenvalue weighted by molar-refractivity contribution is 5.34. The molecule has 78 valence electrons. The van der Waals surface area contributed by atoms with Crippen LogP contribution in [0.1, 0.15) is 6.42 Å². The van der Waals surface area contributed by atoms with Crippen molar-refractivity contribution in [2.45, 2.75) is 12.5 Å². The molecule has 0 aromatic carbocycles. The number of ether oxygens (including phenoxy) is 1. The second-order valence-corrected chi connectivity index (χ2v) is 3.43. The van der Waals surface area contributed by atoms with Gasteiger partial charge in [-0.25, -0.2) is 0 Å². The van der Waals surface area contributed by atoms with E-state index in [4.69, 9.17) is 4.74 Å². The van der Waals surface area contributed by atoms with Crippen molar-refractivity contribution < 1.29 is 4.74 Å². The van der Waals surface area contributed by atoms with E-state index in [-0.39, 0.29) is 6.10 Å². The van der Waals surface area contributed by atoms with Gasteiger partial charge in [-0.05, 0) is 29.5 Å². The second kappa shape index (κ2) is 3.43. The Morgan fingerprint density at radius 2 is 2.47 bits per heavy atom. The van der Waals surface area contributed by atoms with E-state index in [0.29, 0.717) is 11.5 Å². The standard InChI is InChI=1S/C8H10N6O/c1-2-8(15-6-3-4-9-5-6)11-14-7(1)10-12-13-14/h1-2,6,9H,3-5H2. The molecular formula is C8H10N6O. The Hall–Kier alpha value is -1.76. The highest BCUT2D eigenvalue weighted by Crippen LogP contribution is 2.11. The fourth-order valence-electron chi connectivity index (χ4n) is 1.60. The fourth-order valence-corrected chi connectivity index (χ4v) is 1.60. The molecule has 15 heavy (non-hydrogen) atoms. The van der Waals surface area contributed by atoms with Gasteiger partial charge >= 0.3 is 0 Å². The van der Waals surface area contributed by atoms with Gasteiger partial charge < -0.3 is 10.1 Å². The third-order valence-corrected chi connectivity index (χ3v) is 2.35. The first-order valence-corrected chi connectivity index (χ1v) is 4.84. The van der Waals surface area contributed by atoms with Gasteiger partial charge in [0.05, 0.1) is 0 Å². The molecule has 2 aromatic rings. The zero-order valence-corrected chi connectivity index (χ0v) is 8.00. The molecule has 1 aliphatic rings. The molecule has 0 amide bonds. The summed E-state index contributed by atoms with van der Waals surface area (Å²) in [5, 5.41) is 18.3. The van der Waals surface area contributed by atoms with Gasteiger partial charge in [0.25, 0.3) is 0 Å². The number of hydrogen-bond donors (Lipinski definition) is 1. The summed E-state index contributed by atoms with van der Waals surface area (Å²) in [6.45, 7) is 1.87. The summed E-state index contributed by atoms with van der Waals surface area (Å²) in [6, 6.07) is 3.56. The lowest BCUT2D eigenvalue weighted by Crippen LogP contribution is -2.20. The zero-order valence-electron chi connectivity index (χ0n) is 8.00. The molecule has 1 unspecified atom stereocenters. The van der Waals surface area contributed by atoms with E-state index in [1.807, 2.05) is 0 Å². The third-order valence-electron chi connectivity index (χ3n) is 2.35. The normalized spacial score (nSPS) is 20.9. The monoisotopic (exact) mass is 206 g/mol. The summed E-state index contributed by atoms with van der Waals surface area (Å²) in [7, 11) is 0. The van der Waals surface area contributed by atoms with E-state index in [1.165, 1.54) is 4.63 Å². The summed E-state index contributed by atoms with van der Waals surface area (Å²) in [5.74, 6) is 0.559. The molecule has 1 saturated heterocycles. The Bertz CT molecular complexity index is 463. The average molecular weight is 206 g/mol. The van der Waals surface area contributed by atoms with Crippen LogP contribution in [-0.2, 0) is 0 Å². The topological polar surface area (TPSA) is 77.2 Å². The van der Waals surface area contributed by atoms with Crippen molar-refractivity contribution in [2.75, 3.05) is 13.1 Å². The van der Waals surface area contributed by atoms with Gasteiger partial charge in [-0.1, -0.05) is 0 Å². The summed E-state index contributed by atoms with van der Waals surface area (Å²) in [5.41, 5.74) is 0.617. The van der Waals surface area contributed by atoms with Crippen molar-refractivity contribution in [1.29, 1.82) is 0 Å². The number of tetrazole rings is 1. The molecule has 1 atom stereocenters. The third kappa shape index (κ3) is 1.61. The van der Waals surface area contributed by atoms with Crippen molar-refractivity contribution in [1.82, 2.24) is 30.6 Å². The number of nitrogens with one attached hydrogen (secondary N) is 1. The quantitative estimate of drug-likeness (QED) is 0.697. The molecule has 1 fully saturated rings. The van der Waals surface area contributed by atoms with Crippen LogP contribution in [0.3, 0.4) is 0 Å². The first kappa shape index (κ1) is 8.54. The number of rotatable bonds is 2. The second-order valence-electron chi connectivity index (χ2n) is 3.43. The maximum atomic E-state index is 5.66. The van der Waals surface area contributed by atoms with E-state index < -0.39 is 0 Å². The first-order chi connectivity index (χ1) is 7.42. The largest absolute Gasteiger partial charge is 0.472 e. The van der Waals surface area contributed by atoms with E-state index in [0.717, 1.165) is 19.5 Å². The summed E-state index contributed by atoms with van der Waals surface area (Å²) in [6.07, 6.45) is 1.21. The Labute approximate surface area is 85.4 Å². The Morgan fingerprint density at radius 1 is 1.47 bits per heavy atom. The minimum absolute atomic E-state index is 0.200. The lowest BCUT2D eigenvalue weighted by Gasteiger charge is -2.10. The molecule has 1 aliphatic heterocycles. The van der Waals surface area contributed by atoms with E-state index in [1.54, 1.807) is 12.1 Å². The predicted octanol–water partition coefficient (Wildman–Crippen LogP) is -0.740. The van der Waals surface area contributed by atoms with E-state index >= 15 is 0 Å². The van der Waals surface area contributed by atoms with Gasteiger partial charge in [-0.15, -0.1) is 14.8 Å². The Kier molecular flexibility index (Phi) is 1.95. The molecule has 0 bridgehead atoms. The molecule has 0 saturated carbocycles. The van der Waals surface area contributed by atoms with E-state index in [9.17, 15) is 0 Å². The Morgan fingerprint density at radius 3 is 3.33 bits per heavy atom.